The van der Waals surface area contributed by atoms with E-state index in [0.717, 1.165) is 32.1 Å². The number of amides is 1. The lowest BCUT2D eigenvalue weighted by atomic mass is 9.94. The predicted molar refractivity (Wildman–Crippen MR) is 73.6 cm³/mol. The largest absolute Gasteiger partial charge is 0.481 e. The van der Waals surface area contributed by atoms with Crippen LogP contribution in [0.25, 0.3) is 0 Å². The second-order valence-corrected chi connectivity index (χ2v) is 5.62. The van der Waals surface area contributed by atoms with E-state index in [4.69, 9.17) is 10.8 Å². The molecule has 0 heterocycles. The fraction of sp³-hybridized carbons (Fsp3) is 0.857. The minimum Gasteiger partial charge on any atom is -0.481 e. The van der Waals surface area contributed by atoms with Crippen LogP contribution in [0.2, 0.25) is 0 Å². The summed E-state index contributed by atoms with van der Waals surface area (Å²) in [5.41, 5.74) is 5.31. The van der Waals surface area contributed by atoms with Gasteiger partial charge in [0.15, 0.2) is 0 Å². The number of nitrogens with one attached hydrogen (secondary N) is 1. The number of hydrogen-bond acceptors (Lipinski definition) is 3. The van der Waals surface area contributed by atoms with Gasteiger partial charge in [0.2, 0.25) is 5.91 Å². The van der Waals surface area contributed by atoms with Crippen LogP contribution in [0.4, 0.5) is 0 Å². The molecule has 0 spiro atoms. The Kier molecular flexibility index (Phi) is 6.28. The van der Waals surface area contributed by atoms with Gasteiger partial charge in [-0.25, -0.2) is 0 Å². The molecule has 1 aliphatic rings. The first-order valence-corrected chi connectivity index (χ1v) is 7.24. The van der Waals surface area contributed by atoms with Crippen LogP contribution in [0.3, 0.4) is 0 Å². The highest BCUT2D eigenvalue weighted by Crippen LogP contribution is 2.44. The zero-order chi connectivity index (χ0) is 14.3. The summed E-state index contributed by atoms with van der Waals surface area (Å²) >= 11 is 0. The molecule has 5 nitrogen and oxygen atoms in total. The predicted octanol–water partition coefficient (Wildman–Crippen LogP) is 1.51. The van der Waals surface area contributed by atoms with Crippen molar-refractivity contribution in [2.75, 3.05) is 13.1 Å². The van der Waals surface area contributed by atoms with E-state index in [9.17, 15) is 9.59 Å². The molecule has 19 heavy (non-hydrogen) atoms. The fourth-order valence-corrected chi connectivity index (χ4v) is 2.42. The number of carbonyl (C=O) groups is 2. The Balaban J connectivity index is 2.23. The molecule has 110 valence electrons. The van der Waals surface area contributed by atoms with Gasteiger partial charge in [-0.15, -0.1) is 0 Å². The Morgan fingerprint density at radius 3 is 2.47 bits per heavy atom. The highest BCUT2D eigenvalue weighted by molar-refractivity contribution is 5.85. The van der Waals surface area contributed by atoms with Crippen molar-refractivity contribution in [3.05, 3.63) is 0 Å². The van der Waals surface area contributed by atoms with Crippen LogP contribution < -0.4 is 11.1 Å². The summed E-state index contributed by atoms with van der Waals surface area (Å²) in [4.78, 5) is 22.5. The van der Waals surface area contributed by atoms with Crippen LogP contribution in [0.15, 0.2) is 0 Å². The molecule has 0 radical (unpaired) electrons. The van der Waals surface area contributed by atoms with Crippen molar-refractivity contribution in [1.82, 2.24) is 5.32 Å². The van der Waals surface area contributed by atoms with Crippen LogP contribution in [0.1, 0.15) is 51.9 Å². The molecule has 0 aromatic carbocycles. The molecule has 0 bridgehead atoms. The van der Waals surface area contributed by atoms with E-state index in [1.54, 1.807) is 0 Å². The highest BCUT2D eigenvalue weighted by atomic mass is 16.4. The number of hydrogen-bond donors (Lipinski definition) is 3. The summed E-state index contributed by atoms with van der Waals surface area (Å²) in [6.07, 6.45) is 5.62. The molecule has 0 aromatic rings. The van der Waals surface area contributed by atoms with Crippen molar-refractivity contribution in [2.24, 2.45) is 17.1 Å². The molecule has 0 aliphatic heterocycles. The second-order valence-electron chi connectivity index (χ2n) is 5.62. The zero-order valence-corrected chi connectivity index (χ0v) is 11.8. The maximum absolute atomic E-state index is 11.9. The molecular weight excluding hydrogens is 244 g/mol. The van der Waals surface area contributed by atoms with Crippen molar-refractivity contribution >= 4 is 11.9 Å². The number of aliphatic carboxylic acids is 1. The van der Waals surface area contributed by atoms with Crippen molar-refractivity contribution in [1.29, 1.82) is 0 Å². The molecule has 0 aromatic heterocycles. The van der Waals surface area contributed by atoms with Crippen LogP contribution in [0.5, 0.6) is 0 Å². The Morgan fingerprint density at radius 2 is 2.00 bits per heavy atom. The topological polar surface area (TPSA) is 92.4 Å². The normalized spacial score (nSPS) is 17.8. The lowest BCUT2D eigenvalue weighted by Crippen LogP contribution is -2.37. The number of nitrogens with two attached hydrogens (primary N) is 1. The molecule has 4 N–H and O–H groups in total. The summed E-state index contributed by atoms with van der Waals surface area (Å²) in [6.45, 7) is 3.15. The Hall–Kier alpha value is -1.10. The van der Waals surface area contributed by atoms with E-state index in [-0.39, 0.29) is 17.7 Å². The lowest BCUT2D eigenvalue weighted by molar-refractivity contribution is -0.137. The first-order valence-electron chi connectivity index (χ1n) is 7.24. The van der Waals surface area contributed by atoms with Gasteiger partial charge in [-0.05, 0) is 31.6 Å². The first-order chi connectivity index (χ1) is 9.04. The number of carbonyl (C=O) groups excluding carboxylic acids is 1. The van der Waals surface area contributed by atoms with E-state index in [1.165, 1.54) is 0 Å². The van der Waals surface area contributed by atoms with Crippen molar-refractivity contribution < 1.29 is 14.7 Å². The minimum atomic E-state index is -0.745. The quantitative estimate of drug-likeness (QED) is 0.561. The van der Waals surface area contributed by atoms with E-state index in [0.29, 0.717) is 25.4 Å². The molecule has 5 heteroatoms. The smallest absolute Gasteiger partial charge is 0.303 e. The molecule has 1 saturated carbocycles. The molecule has 1 amide bonds. The summed E-state index contributed by atoms with van der Waals surface area (Å²) in [7, 11) is 0. The number of rotatable bonds is 10. The molecule has 1 fully saturated rings. The Bertz CT molecular complexity index is 314. The summed E-state index contributed by atoms with van der Waals surface area (Å²) < 4.78 is 0. The summed E-state index contributed by atoms with van der Waals surface area (Å²) in [5.74, 6) is -0.289. The standard InChI is InChI=1S/C14H26N2O3/c1-2-3-11(4-5-12(17)18)6-9-16-13(19)14(10-15)7-8-14/h11H,2-10,15H2,1H3,(H,16,19)(H,17,18). The monoisotopic (exact) mass is 270 g/mol. The second kappa shape index (κ2) is 7.48. The van der Waals surface area contributed by atoms with Crippen molar-refractivity contribution in [2.45, 2.75) is 51.9 Å². The Morgan fingerprint density at radius 1 is 1.32 bits per heavy atom. The maximum Gasteiger partial charge on any atom is 0.303 e. The van der Waals surface area contributed by atoms with Gasteiger partial charge in [-0.3, -0.25) is 9.59 Å². The van der Waals surface area contributed by atoms with E-state index in [1.807, 2.05) is 0 Å². The third-order valence-corrected chi connectivity index (χ3v) is 4.03. The average molecular weight is 270 g/mol. The summed E-state index contributed by atoms with van der Waals surface area (Å²) in [5, 5.41) is 11.7. The molecule has 1 unspecified atom stereocenters. The SMILES string of the molecule is CCCC(CCNC(=O)C1(CN)CC1)CCC(=O)O. The van der Waals surface area contributed by atoms with Gasteiger partial charge in [0.05, 0.1) is 5.41 Å². The van der Waals surface area contributed by atoms with Crippen LogP contribution in [-0.2, 0) is 9.59 Å². The van der Waals surface area contributed by atoms with E-state index in [2.05, 4.69) is 12.2 Å². The molecular formula is C14H26N2O3. The fourth-order valence-electron chi connectivity index (χ4n) is 2.42. The molecule has 1 aliphatic carbocycles. The first kappa shape index (κ1) is 16.0. The van der Waals surface area contributed by atoms with E-state index < -0.39 is 5.97 Å². The lowest BCUT2D eigenvalue weighted by Gasteiger charge is -2.17. The van der Waals surface area contributed by atoms with Crippen LogP contribution >= 0.6 is 0 Å². The van der Waals surface area contributed by atoms with Crippen molar-refractivity contribution in [3.8, 4) is 0 Å². The average Bonchev–Trinajstić information content (AvgIpc) is 3.16. The number of carboxylic acid groups (broad SMARTS) is 1. The molecule has 1 atom stereocenters. The maximum atomic E-state index is 11.9. The third-order valence-electron chi connectivity index (χ3n) is 4.03. The van der Waals surface area contributed by atoms with Crippen LogP contribution in [-0.4, -0.2) is 30.1 Å². The van der Waals surface area contributed by atoms with Crippen LogP contribution in [0, 0.1) is 11.3 Å². The van der Waals surface area contributed by atoms with E-state index >= 15 is 0 Å². The van der Waals surface area contributed by atoms with Gasteiger partial charge in [-0.1, -0.05) is 19.8 Å². The van der Waals surface area contributed by atoms with Gasteiger partial charge in [0, 0.05) is 19.5 Å². The van der Waals surface area contributed by atoms with Gasteiger partial charge < -0.3 is 16.2 Å². The van der Waals surface area contributed by atoms with Gasteiger partial charge in [0.25, 0.3) is 0 Å². The number of carboxylic acids is 1. The highest BCUT2D eigenvalue weighted by Gasteiger charge is 2.48. The Labute approximate surface area is 114 Å². The van der Waals surface area contributed by atoms with Gasteiger partial charge >= 0.3 is 5.97 Å². The third kappa shape index (κ3) is 5.19. The minimum absolute atomic E-state index is 0.0727. The van der Waals surface area contributed by atoms with Crippen molar-refractivity contribution in [3.63, 3.8) is 0 Å². The molecule has 1 rings (SSSR count). The summed E-state index contributed by atoms with van der Waals surface area (Å²) in [6, 6.07) is 0. The molecule has 0 saturated heterocycles. The van der Waals surface area contributed by atoms with Gasteiger partial charge in [-0.2, -0.15) is 0 Å². The van der Waals surface area contributed by atoms with Gasteiger partial charge in [0.1, 0.15) is 0 Å². The zero-order valence-electron chi connectivity index (χ0n) is 11.8.